The van der Waals surface area contributed by atoms with Crippen molar-refractivity contribution in [1.29, 1.82) is 0 Å². The molecule has 0 bridgehead atoms. The Balaban J connectivity index is 1.56. The zero-order valence-corrected chi connectivity index (χ0v) is 18.2. The van der Waals surface area contributed by atoms with Gasteiger partial charge in [-0.25, -0.2) is 4.98 Å². The number of aromatic nitrogens is 4. The van der Waals surface area contributed by atoms with Gasteiger partial charge in [0.15, 0.2) is 17.0 Å². The number of phenolic OH excluding ortho intramolecular Hbond substituents is 1. The lowest BCUT2D eigenvalue weighted by Gasteiger charge is -2.25. The molecule has 0 aliphatic carbocycles. The second kappa shape index (κ2) is 9.12. The minimum Gasteiger partial charge on any atom is -0.508 e. The van der Waals surface area contributed by atoms with Gasteiger partial charge in [-0.3, -0.25) is 0 Å². The maximum Gasteiger partial charge on any atom is 0.229 e. The van der Waals surface area contributed by atoms with Crippen LogP contribution >= 0.6 is 0 Å². The van der Waals surface area contributed by atoms with E-state index in [9.17, 15) is 5.11 Å². The van der Waals surface area contributed by atoms with E-state index in [1.165, 1.54) is 51.4 Å². The molecule has 2 aliphatic heterocycles. The molecule has 7 heteroatoms. The predicted molar refractivity (Wildman–Crippen MR) is 124 cm³/mol. The van der Waals surface area contributed by atoms with Crippen molar-refractivity contribution in [2.75, 3.05) is 36.0 Å². The van der Waals surface area contributed by atoms with Crippen LogP contribution in [0.4, 0.5) is 11.8 Å². The average Bonchev–Trinajstić information content (AvgIpc) is 3.01. The molecule has 0 atom stereocenters. The van der Waals surface area contributed by atoms with Gasteiger partial charge in [-0.2, -0.15) is 9.97 Å². The molecule has 2 saturated heterocycles. The van der Waals surface area contributed by atoms with Crippen molar-refractivity contribution in [3.8, 4) is 5.75 Å². The lowest BCUT2D eigenvalue weighted by Crippen LogP contribution is -2.29. The van der Waals surface area contributed by atoms with Gasteiger partial charge in [0.05, 0.1) is 12.9 Å². The number of fused-ring (bicyclic) bond motifs is 1. The monoisotopic (exact) mass is 420 g/mol. The van der Waals surface area contributed by atoms with Gasteiger partial charge < -0.3 is 19.5 Å². The number of hydrogen-bond donors (Lipinski definition) is 1. The normalized spacial score (nSPS) is 18.2. The van der Waals surface area contributed by atoms with E-state index in [0.717, 1.165) is 54.7 Å². The zero-order chi connectivity index (χ0) is 21.0. The third-order valence-electron chi connectivity index (χ3n) is 6.52. The molecule has 2 fully saturated rings. The van der Waals surface area contributed by atoms with Gasteiger partial charge in [-0.15, -0.1) is 0 Å². The Morgan fingerprint density at radius 1 is 0.742 bits per heavy atom. The van der Waals surface area contributed by atoms with Gasteiger partial charge in [-0.05, 0) is 43.4 Å². The SMILES string of the molecule is Oc1ccc(Cn2cnc3c(N4CCCCCC4)nc(N4CCCCCC4)nc32)cc1. The van der Waals surface area contributed by atoms with E-state index >= 15 is 0 Å². The van der Waals surface area contributed by atoms with Crippen molar-refractivity contribution in [1.82, 2.24) is 19.5 Å². The van der Waals surface area contributed by atoms with Gasteiger partial charge in [-0.1, -0.05) is 37.8 Å². The molecule has 164 valence electrons. The standard InChI is InChI=1S/C24H32N6O/c31-20-11-9-19(10-12-20)17-30-18-25-21-22(28-13-5-1-2-6-14-28)26-24(27-23(21)30)29-15-7-3-4-8-16-29/h9-12,18,31H,1-8,13-17H2. The van der Waals surface area contributed by atoms with Crippen molar-refractivity contribution in [2.45, 2.75) is 57.9 Å². The molecule has 7 nitrogen and oxygen atoms in total. The number of nitrogens with zero attached hydrogens (tertiary/aromatic N) is 6. The maximum absolute atomic E-state index is 9.61. The summed E-state index contributed by atoms with van der Waals surface area (Å²) in [6, 6.07) is 7.37. The number of benzene rings is 1. The summed E-state index contributed by atoms with van der Waals surface area (Å²) < 4.78 is 2.12. The van der Waals surface area contributed by atoms with Crippen LogP contribution < -0.4 is 9.80 Å². The van der Waals surface area contributed by atoms with Crippen molar-refractivity contribution in [2.24, 2.45) is 0 Å². The van der Waals surface area contributed by atoms with Crippen LogP contribution in [-0.2, 0) is 6.54 Å². The van der Waals surface area contributed by atoms with E-state index in [0.29, 0.717) is 6.54 Å². The number of rotatable bonds is 4. The molecule has 2 aromatic heterocycles. The van der Waals surface area contributed by atoms with E-state index < -0.39 is 0 Å². The highest BCUT2D eigenvalue weighted by molar-refractivity contribution is 5.85. The van der Waals surface area contributed by atoms with Crippen molar-refractivity contribution in [3.63, 3.8) is 0 Å². The highest BCUT2D eigenvalue weighted by Gasteiger charge is 2.22. The Hall–Kier alpha value is -2.83. The highest BCUT2D eigenvalue weighted by Crippen LogP contribution is 2.29. The Morgan fingerprint density at radius 2 is 1.35 bits per heavy atom. The summed E-state index contributed by atoms with van der Waals surface area (Å²) in [5.41, 5.74) is 2.92. The van der Waals surface area contributed by atoms with Crippen molar-refractivity contribution >= 4 is 22.9 Å². The number of phenols is 1. The zero-order valence-electron chi connectivity index (χ0n) is 18.2. The van der Waals surface area contributed by atoms with Crippen LogP contribution in [0.25, 0.3) is 11.2 Å². The van der Waals surface area contributed by atoms with Crippen LogP contribution in [0.15, 0.2) is 30.6 Å². The van der Waals surface area contributed by atoms with E-state index in [2.05, 4.69) is 14.4 Å². The van der Waals surface area contributed by atoms with Gasteiger partial charge in [0, 0.05) is 26.2 Å². The minimum atomic E-state index is 0.286. The molecular weight excluding hydrogens is 388 g/mol. The second-order valence-corrected chi connectivity index (χ2v) is 8.86. The average molecular weight is 421 g/mol. The summed E-state index contributed by atoms with van der Waals surface area (Å²) in [5.74, 6) is 2.13. The van der Waals surface area contributed by atoms with Crippen LogP contribution in [0.1, 0.15) is 56.9 Å². The molecule has 2 aliphatic rings. The summed E-state index contributed by atoms with van der Waals surface area (Å²) in [4.78, 5) is 19.7. The molecular formula is C24H32N6O. The lowest BCUT2D eigenvalue weighted by atomic mass is 10.2. The molecule has 0 unspecified atom stereocenters. The van der Waals surface area contributed by atoms with Crippen LogP contribution in [0, 0.1) is 0 Å². The third-order valence-corrected chi connectivity index (χ3v) is 6.52. The number of imidazole rings is 1. The Kier molecular flexibility index (Phi) is 5.91. The first-order valence-corrected chi connectivity index (χ1v) is 11.8. The Bertz CT molecular complexity index is 999. The molecule has 0 spiro atoms. The molecule has 0 amide bonds. The van der Waals surface area contributed by atoms with Gasteiger partial charge >= 0.3 is 0 Å². The topological polar surface area (TPSA) is 70.3 Å². The second-order valence-electron chi connectivity index (χ2n) is 8.86. The fraction of sp³-hybridized carbons (Fsp3) is 0.542. The highest BCUT2D eigenvalue weighted by atomic mass is 16.3. The number of anilines is 2. The van der Waals surface area contributed by atoms with E-state index in [4.69, 9.17) is 15.0 Å². The van der Waals surface area contributed by atoms with Crippen molar-refractivity contribution < 1.29 is 5.11 Å². The van der Waals surface area contributed by atoms with Crippen LogP contribution in [-0.4, -0.2) is 50.8 Å². The molecule has 0 radical (unpaired) electrons. The molecule has 31 heavy (non-hydrogen) atoms. The van der Waals surface area contributed by atoms with Crippen LogP contribution in [0.2, 0.25) is 0 Å². The lowest BCUT2D eigenvalue weighted by molar-refractivity contribution is 0.475. The summed E-state index contributed by atoms with van der Waals surface area (Å²) in [5, 5.41) is 9.61. The first-order chi connectivity index (χ1) is 15.3. The van der Waals surface area contributed by atoms with Crippen molar-refractivity contribution in [3.05, 3.63) is 36.2 Å². The first-order valence-electron chi connectivity index (χ1n) is 11.8. The number of aromatic hydroxyl groups is 1. The summed E-state index contributed by atoms with van der Waals surface area (Å²) in [6.45, 7) is 4.80. The Labute approximate surface area is 183 Å². The third kappa shape index (κ3) is 4.45. The van der Waals surface area contributed by atoms with Crippen LogP contribution in [0.3, 0.4) is 0 Å². The largest absolute Gasteiger partial charge is 0.508 e. The fourth-order valence-corrected chi connectivity index (χ4v) is 4.75. The number of hydrogen-bond acceptors (Lipinski definition) is 6. The van der Waals surface area contributed by atoms with Crippen LogP contribution in [0.5, 0.6) is 5.75 Å². The molecule has 5 rings (SSSR count). The summed E-state index contributed by atoms with van der Waals surface area (Å²) >= 11 is 0. The fourth-order valence-electron chi connectivity index (χ4n) is 4.75. The predicted octanol–water partition coefficient (Wildman–Crippen LogP) is 4.34. The van der Waals surface area contributed by atoms with Gasteiger partial charge in [0.2, 0.25) is 5.95 Å². The maximum atomic E-state index is 9.61. The Morgan fingerprint density at radius 3 is 2.00 bits per heavy atom. The van der Waals surface area contributed by atoms with Gasteiger partial charge in [0.1, 0.15) is 5.75 Å². The van der Waals surface area contributed by atoms with E-state index in [-0.39, 0.29) is 5.75 Å². The first kappa shape index (κ1) is 20.1. The van der Waals surface area contributed by atoms with E-state index in [1.807, 2.05) is 18.5 Å². The molecule has 4 heterocycles. The molecule has 1 aromatic carbocycles. The molecule has 1 N–H and O–H groups in total. The molecule has 0 saturated carbocycles. The smallest absolute Gasteiger partial charge is 0.229 e. The summed E-state index contributed by atoms with van der Waals surface area (Å²) in [6.07, 6.45) is 11.9. The minimum absolute atomic E-state index is 0.286. The molecule has 3 aromatic rings. The quantitative estimate of drug-likeness (QED) is 0.677. The van der Waals surface area contributed by atoms with Gasteiger partial charge in [0.25, 0.3) is 0 Å². The van der Waals surface area contributed by atoms with E-state index in [1.54, 1.807) is 12.1 Å². The summed E-state index contributed by atoms with van der Waals surface area (Å²) in [7, 11) is 0.